The van der Waals surface area contributed by atoms with Crippen LogP contribution in [0.2, 0.25) is 0 Å². The molecule has 1 aliphatic heterocycles. The van der Waals surface area contributed by atoms with Crippen LogP contribution >= 0.6 is 0 Å². The lowest BCUT2D eigenvalue weighted by molar-refractivity contribution is -0.345. The molecule has 0 radical (unpaired) electrons. The van der Waals surface area contributed by atoms with Crippen molar-refractivity contribution in [3.8, 4) is 0 Å². The topological polar surface area (TPSA) is 25.3 Å². The van der Waals surface area contributed by atoms with Crippen molar-refractivity contribution in [2.45, 2.75) is 124 Å². The fraction of sp³-hybridized carbons (Fsp3) is 0.543. The number of hydrogen-bond acceptors (Lipinski definition) is 0. The van der Waals surface area contributed by atoms with E-state index in [2.05, 4.69) is 76.2 Å². The van der Waals surface area contributed by atoms with Gasteiger partial charge in [0.1, 0.15) is 0 Å². The summed E-state index contributed by atoms with van der Waals surface area (Å²) in [5, 5.41) is 0. The minimum Gasteiger partial charge on any atom is -0.493 e. The number of benzene rings is 2. The maximum absolute atomic E-state index is 11.9. The van der Waals surface area contributed by atoms with Crippen LogP contribution in [-0.2, 0) is 12.8 Å². The van der Waals surface area contributed by atoms with Crippen molar-refractivity contribution in [2.75, 3.05) is 0 Å². The molecule has 2 heteroatoms. The maximum atomic E-state index is 11.9. The summed E-state index contributed by atoms with van der Waals surface area (Å²) in [7, 11) is 0. The van der Waals surface area contributed by atoms with E-state index in [1.54, 1.807) is 4.70 Å². The van der Waals surface area contributed by atoms with E-state index in [0.29, 0.717) is 0 Å². The number of unbranched alkanes of at least 4 members (excludes halogenated alkanes) is 7. The molecule has 200 valence electrons. The lowest BCUT2D eigenvalue weighted by Crippen LogP contribution is -2.03. The van der Waals surface area contributed by atoms with Crippen LogP contribution < -0.4 is 0 Å². The van der Waals surface area contributed by atoms with Gasteiger partial charge in [0.05, 0.1) is 0 Å². The van der Waals surface area contributed by atoms with Crippen molar-refractivity contribution >= 4 is 11.4 Å². The highest BCUT2D eigenvalue weighted by Crippen LogP contribution is 2.44. The van der Waals surface area contributed by atoms with Crippen LogP contribution in [0, 0.1) is 0 Å². The first-order chi connectivity index (χ1) is 18.1. The summed E-state index contributed by atoms with van der Waals surface area (Å²) in [4.78, 5) is 0. The monoisotopic (exact) mass is 498 g/mol. The van der Waals surface area contributed by atoms with Crippen molar-refractivity contribution in [1.82, 2.24) is 0 Å². The Morgan fingerprint density at radius 1 is 0.514 bits per heavy atom. The van der Waals surface area contributed by atoms with Gasteiger partial charge < -0.3 is 5.53 Å². The second-order valence-electron chi connectivity index (χ2n) is 10.8. The molecule has 0 aromatic heterocycles. The van der Waals surface area contributed by atoms with Crippen molar-refractivity contribution in [1.29, 1.82) is 0 Å². The minimum absolute atomic E-state index is 1.02. The van der Waals surface area contributed by atoms with E-state index >= 15 is 0 Å². The molecule has 0 saturated heterocycles. The Kier molecular flexibility index (Phi) is 12.3. The van der Waals surface area contributed by atoms with Crippen LogP contribution in [0.5, 0.6) is 0 Å². The van der Waals surface area contributed by atoms with E-state index in [9.17, 15) is 5.53 Å². The van der Waals surface area contributed by atoms with Crippen LogP contribution in [0.4, 0.5) is 0 Å². The predicted molar refractivity (Wildman–Crippen MR) is 160 cm³/mol. The molecule has 2 nitrogen and oxygen atoms in total. The summed E-state index contributed by atoms with van der Waals surface area (Å²) in [5.41, 5.74) is 21.7. The lowest BCUT2D eigenvalue weighted by Gasteiger charge is -2.12. The van der Waals surface area contributed by atoms with Gasteiger partial charge in [-0.3, -0.25) is 0 Å². The Balaban J connectivity index is 2.08. The highest BCUT2D eigenvalue weighted by Gasteiger charge is 2.35. The molecule has 0 atom stereocenters. The van der Waals surface area contributed by atoms with E-state index in [1.165, 1.54) is 92.9 Å². The SMILES string of the molecule is CCCCCC1=C(c2cccc(CCCC)c2)[N+](=[N-])C(c2cccc(CCCCC)c2)=C1CCCCC. The summed E-state index contributed by atoms with van der Waals surface area (Å²) in [5.74, 6) is 0. The van der Waals surface area contributed by atoms with Crippen molar-refractivity contribution < 1.29 is 4.70 Å². The third-order valence-corrected chi connectivity index (χ3v) is 7.71. The Morgan fingerprint density at radius 3 is 1.35 bits per heavy atom. The van der Waals surface area contributed by atoms with Crippen LogP contribution in [0.25, 0.3) is 16.9 Å². The van der Waals surface area contributed by atoms with Gasteiger partial charge in [0.15, 0.2) is 0 Å². The molecule has 0 aliphatic carbocycles. The maximum Gasteiger partial charge on any atom is 0.211 e. The van der Waals surface area contributed by atoms with E-state index < -0.39 is 0 Å². The summed E-state index contributed by atoms with van der Waals surface area (Å²) >= 11 is 0. The van der Waals surface area contributed by atoms with Crippen LogP contribution in [0.1, 0.15) is 133 Å². The molecule has 0 amide bonds. The normalized spacial score (nSPS) is 13.8. The molecule has 2 aromatic carbocycles. The molecular weight excluding hydrogens is 448 g/mol. The van der Waals surface area contributed by atoms with E-state index in [0.717, 1.165) is 48.2 Å². The minimum atomic E-state index is 1.02. The standard InChI is InChI=1S/C35H50N2/c1-5-9-13-19-29-21-17-23-31(27-29)35-33(25-15-11-7-3)32(24-14-10-6-2)34(37(35)36)30-22-16-20-28(26-30)18-12-8-4/h16-17,20-23,26-27H,5-15,18-19,24-25H2,1-4H3. The highest BCUT2D eigenvalue weighted by atomic mass is 15.2. The molecule has 0 spiro atoms. The molecular formula is C35H50N2. The van der Waals surface area contributed by atoms with Gasteiger partial charge in [-0.25, -0.2) is 4.70 Å². The summed E-state index contributed by atoms with van der Waals surface area (Å²) < 4.78 is 1.56. The quantitative estimate of drug-likeness (QED) is 0.153. The molecule has 1 aliphatic rings. The fourth-order valence-electron chi connectivity index (χ4n) is 5.60. The number of hydrogen-bond donors (Lipinski definition) is 0. The van der Waals surface area contributed by atoms with Crippen LogP contribution in [-0.4, -0.2) is 4.70 Å². The Morgan fingerprint density at radius 2 is 0.919 bits per heavy atom. The first-order valence-corrected chi connectivity index (χ1v) is 15.3. The van der Waals surface area contributed by atoms with Crippen molar-refractivity contribution in [3.63, 3.8) is 0 Å². The van der Waals surface area contributed by atoms with E-state index in [4.69, 9.17) is 0 Å². The molecule has 2 aromatic rings. The number of aryl methyl sites for hydroxylation is 2. The average molecular weight is 499 g/mol. The second kappa shape index (κ2) is 15.7. The Bertz CT molecular complexity index is 1070. The average Bonchev–Trinajstić information content (AvgIpc) is 3.19. The Labute approximate surface area is 227 Å². The van der Waals surface area contributed by atoms with Crippen molar-refractivity contribution in [2.24, 2.45) is 0 Å². The molecule has 0 saturated carbocycles. The van der Waals surface area contributed by atoms with Gasteiger partial charge in [-0.1, -0.05) is 96.9 Å². The third-order valence-electron chi connectivity index (χ3n) is 7.71. The lowest BCUT2D eigenvalue weighted by atomic mass is 9.91. The smallest absolute Gasteiger partial charge is 0.211 e. The van der Waals surface area contributed by atoms with E-state index in [1.807, 2.05) is 0 Å². The number of allylic oxidation sites excluding steroid dienone is 2. The zero-order valence-corrected chi connectivity index (χ0v) is 24.1. The van der Waals surface area contributed by atoms with Gasteiger partial charge in [-0.2, -0.15) is 0 Å². The molecule has 37 heavy (non-hydrogen) atoms. The fourth-order valence-corrected chi connectivity index (χ4v) is 5.60. The zero-order chi connectivity index (χ0) is 26.5. The first kappa shape index (κ1) is 29.1. The predicted octanol–water partition coefficient (Wildman–Crippen LogP) is 11.1. The summed E-state index contributed by atoms with van der Waals surface area (Å²) in [6.45, 7) is 9.05. The summed E-state index contributed by atoms with van der Waals surface area (Å²) in [6, 6.07) is 17.9. The zero-order valence-electron chi connectivity index (χ0n) is 24.1. The highest BCUT2D eigenvalue weighted by molar-refractivity contribution is 5.82. The number of rotatable bonds is 17. The molecule has 0 bridgehead atoms. The van der Waals surface area contributed by atoms with Crippen molar-refractivity contribution in [3.05, 3.63) is 87.5 Å². The van der Waals surface area contributed by atoms with Crippen LogP contribution in [0.15, 0.2) is 59.7 Å². The first-order valence-electron chi connectivity index (χ1n) is 15.3. The summed E-state index contributed by atoms with van der Waals surface area (Å²) in [6.07, 6.45) is 17.6. The van der Waals surface area contributed by atoms with E-state index in [-0.39, 0.29) is 0 Å². The van der Waals surface area contributed by atoms with Gasteiger partial charge in [-0.15, -0.1) is 0 Å². The van der Waals surface area contributed by atoms with Gasteiger partial charge in [-0.05, 0) is 86.8 Å². The molecule has 3 rings (SSSR count). The van der Waals surface area contributed by atoms with Gasteiger partial charge >= 0.3 is 0 Å². The van der Waals surface area contributed by atoms with Gasteiger partial charge in [0.2, 0.25) is 11.4 Å². The van der Waals surface area contributed by atoms with Gasteiger partial charge in [0.25, 0.3) is 0 Å². The molecule has 0 N–H and O–H groups in total. The molecule has 0 unspecified atom stereocenters. The molecule has 1 heterocycles. The largest absolute Gasteiger partial charge is 0.493 e. The Hall–Kier alpha value is -2.48. The third kappa shape index (κ3) is 8.00. The van der Waals surface area contributed by atoms with Crippen LogP contribution in [0.3, 0.4) is 0 Å². The van der Waals surface area contributed by atoms with Gasteiger partial charge in [0, 0.05) is 22.3 Å². The second-order valence-corrected chi connectivity index (χ2v) is 10.8. The molecule has 0 fully saturated rings. The number of nitrogens with zero attached hydrogens (tertiary/aromatic N) is 2.